The Balaban J connectivity index is 1.92. The SMILES string of the molecule is CN(Cc1ccncc1)Cc1occc1CNC(C)(C)C. The van der Waals surface area contributed by atoms with E-state index in [0.717, 1.165) is 25.4 Å². The minimum Gasteiger partial charge on any atom is -0.468 e. The van der Waals surface area contributed by atoms with E-state index in [4.69, 9.17) is 4.42 Å². The fraction of sp³-hybridized carbons (Fsp3) is 0.471. The highest BCUT2D eigenvalue weighted by Gasteiger charge is 2.13. The molecule has 2 aromatic rings. The number of nitrogens with zero attached hydrogens (tertiary/aromatic N) is 2. The second-order valence-corrected chi connectivity index (χ2v) is 6.50. The first-order valence-electron chi connectivity index (χ1n) is 7.32. The average molecular weight is 287 g/mol. The summed E-state index contributed by atoms with van der Waals surface area (Å²) in [6, 6.07) is 6.13. The second-order valence-electron chi connectivity index (χ2n) is 6.50. The summed E-state index contributed by atoms with van der Waals surface area (Å²) in [7, 11) is 2.10. The number of hydrogen-bond acceptors (Lipinski definition) is 4. The predicted octanol–water partition coefficient (Wildman–Crippen LogP) is 3.19. The molecule has 0 radical (unpaired) electrons. The van der Waals surface area contributed by atoms with Crippen LogP contribution in [0.3, 0.4) is 0 Å². The molecule has 0 spiro atoms. The van der Waals surface area contributed by atoms with Crippen LogP contribution in [0.15, 0.2) is 41.3 Å². The Labute approximate surface area is 127 Å². The van der Waals surface area contributed by atoms with Crippen molar-refractivity contribution in [3.8, 4) is 0 Å². The number of pyridine rings is 1. The molecule has 114 valence electrons. The number of furan rings is 1. The van der Waals surface area contributed by atoms with E-state index >= 15 is 0 Å². The Morgan fingerprint density at radius 2 is 1.86 bits per heavy atom. The van der Waals surface area contributed by atoms with Gasteiger partial charge in [-0.05, 0) is 51.6 Å². The van der Waals surface area contributed by atoms with E-state index in [9.17, 15) is 0 Å². The van der Waals surface area contributed by atoms with E-state index in [1.54, 1.807) is 6.26 Å². The van der Waals surface area contributed by atoms with Gasteiger partial charge in [-0.2, -0.15) is 0 Å². The van der Waals surface area contributed by atoms with Crippen LogP contribution in [0, 0.1) is 0 Å². The van der Waals surface area contributed by atoms with Crippen molar-refractivity contribution in [2.45, 2.75) is 45.9 Å². The van der Waals surface area contributed by atoms with E-state index in [2.05, 4.69) is 43.0 Å². The van der Waals surface area contributed by atoms with Gasteiger partial charge in [-0.3, -0.25) is 9.88 Å². The van der Waals surface area contributed by atoms with Crippen molar-refractivity contribution >= 4 is 0 Å². The van der Waals surface area contributed by atoms with Gasteiger partial charge in [0.15, 0.2) is 0 Å². The van der Waals surface area contributed by atoms with E-state index in [1.165, 1.54) is 11.1 Å². The number of nitrogens with one attached hydrogen (secondary N) is 1. The third-order valence-electron chi connectivity index (χ3n) is 3.26. The van der Waals surface area contributed by atoms with Gasteiger partial charge in [-0.25, -0.2) is 0 Å². The molecule has 0 fully saturated rings. The molecule has 2 rings (SSSR count). The Bertz CT molecular complexity index is 543. The summed E-state index contributed by atoms with van der Waals surface area (Å²) in [5.74, 6) is 1.03. The highest BCUT2D eigenvalue weighted by atomic mass is 16.3. The lowest BCUT2D eigenvalue weighted by Crippen LogP contribution is -2.35. The van der Waals surface area contributed by atoms with Gasteiger partial charge in [0.25, 0.3) is 0 Å². The first kappa shape index (κ1) is 15.7. The van der Waals surface area contributed by atoms with Crippen LogP contribution < -0.4 is 5.32 Å². The molecule has 0 aromatic carbocycles. The van der Waals surface area contributed by atoms with Gasteiger partial charge in [0, 0.05) is 36.6 Å². The summed E-state index contributed by atoms with van der Waals surface area (Å²) in [5.41, 5.74) is 2.59. The Morgan fingerprint density at radius 3 is 2.52 bits per heavy atom. The van der Waals surface area contributed by atoms with Crippen molar-refractivity contribution in [3.05, 3.63) is 53.7 Å². The average Bonchev–Trinajstić information content (AvgIpc) is 2.84. The predicted molar refractivity (Wildman–Crippen MR) is 84.7 cm³/mol. The zero-order chi connectivity index (χ0) is 15.3. The van der Waals surface area contributed by atoms with Crippen LogP contribution in [0.2, 0.25) is 0 Å². The largest absolute Gasteiger partial charge is 0.468 e. The monoisotopic (exact) mass is 287 g/mol. The van der Waals surface area contributed by atoms with Gasteiger partial charge < -0.3 is 9.73 Å². The molecule has 0 aliphatic carbocycles. The molecule has 0 aliphatic heterocycles. The molecule has 1 N–H and O–H groups in total. The van der Waals surface area contributed by atoms with Crippen LogP contribution >= 0.6 is 0 Å². The standard InChI is InChI=1S/C17H25N3O/c1-17(2,3)19-11-15-7-10-21-16(15)13-20(4)12-14-5-8-18-9-6-14/h5-10,19H,11-13H2,1-4H3. The maximum Gasteiger partial charge on any atom is 0.122 e. The van der Waals surface area contributed by atoms with Gasteiger partial charge in [0.1, 0.15) is 5.76 Å². The molecule has 0 bridgehead atoms. The van der Waals surface area contributed by atoms with Crippen molar-refractivity contribution in [2.24, 2.45) is 0 Å². The van der Waals surface area contributed by atoms with Crippen LogP contribution in [0.4, 0.5) is 0 Å². The first-order chi connectivity index (χ1) is 9.94. The number of hydrogen-bond donors (Lipinski definition) is 1. The van der Waals surface area contributed by atoms with Crippen molar-refractivity contribution < 1.29 is 4.42 Å². The highest BCUT2D eigenvalue weighted by molar-refractivity contribution is 5.17. The molecule has 21 heavy (non-hydrogen) atoms. The van der Waals surface area contributed by atoms with Gasteiger partial charge >= 0.3 is 0 Å². The smallest absolute Gasteiger partial charge is 0.122 e. The zero-order valence-corrected chi connectivity index (χ0v) is 13.4. The molecule has 2 aromatic heterocycles. The minimum absolute atomic E-state index is 0.109. The molecular formula is C17H25N3O. The van der Waals surface area contributed by atoms with Gasteiger partial charge in [-0.15, -0.1) is 0 Å². The van der Waals surface area contributed by atoms with Crippen LogP contribution in [-0.2, 0) is 19.6 Å². The molecule has 4 nitrogen and oxygen atoms in total. The van der Waals surface area contributed by atoms with Crippen molar-refractivity contribution in [1.82, 2.24) is 15.2 Å². The number of rotatable bonds is 6. The molecule has 0 atom stereocenters. The quantitative estimate of drug-likeness (QED) is 0.886. The first-order valence-corrected chi connectivity index (χ1v) is 7.32. The van der Waals surface area contributed by atoms with Crippen molar-refractivity contribution in [2.75, 3.05) is 7.05 Å². The summed E-state index contributed by atoms with van der Waals surface area (Å²) < 4.78 is 5.64. The van der Waals surface area contributed by atoms with E-state index in [0.29, 0.717) is 0 Å². The van der Waals surface area contributed by atoms with E-state index in [-0.39, 0.29) is 5.54 Å². The summed E-state index contributed by atoms with van der Waals surface area (Å²) in [6.07, 6.45) is 5.43. The Hall–Kier alpha value is -1.65. The summed E-state index contributed by atoms with van der Waals surface area (Å²) in [5, 5.41) is 3.50. The Morgan fingerprint density at radius 1 is 1.14 bits per heavy atom. The molecule has 0 aliphatic rings. The fourth-order valence-electron chi connectivity index (χ4n) is 2.12. The third kappa shape index (κ3) is 5.33. The number of aromatic nitrogens is 1. The molecule has 2 heterocycles. The van der Waals surface area contributed by atoms with Gasteiger partial charge in [0.2, 0.25) is 0 Å². The van der Waals surface area contributed by atoms with Crippen molar-refractivity contribution in [1.29, 1.82) is 0 Å². The summed E-state index contributed by atoms with van der Waals surface area (Å²) in [4.78, 5) is 6.29. The molecular weight excluding hydrogens is 262 g/mol. The molecule has 0 amide bonds. The van der Waals surface area contributed by atoms with E-state index in [1.807, 2.05) is 30.6 Å². The highest BCUT2D eigenvalue weighted by Crippen LogP contribution is 2.15. The third-order valence-corrected chi connectivity index (χ3v) is 3.26. The summed E-state index contributed by atoms with van der Waals surface area (Å²) in [6.45, 7) is 9.03. The van der Waals surface area contributed by atoms with Gasteiger partial charge in [0.05, 0.1) is 12.8 Å². The van der Waals surface area contributed by atoms with Crippen LogP contribution in [0.25, 0.3) is 0 Å². The van der Waals surface area contributed by atoms with E-state index < -0.39 is 0 Å². The molecule has 0 saturated heterocycles. The normalized spacial score (nSPS) is 12.0. The Kier molecular flexibility index (Phi) is 5.15. The second kappa shape index (κ2) is 6.87. The molecule has 0 unspecified atom stereocenters. The topological polar surface area (TPSA) is 41.3 Å². The lowest BCUT2D eigenvalue weighted by atomic mass is 10.1. The zero-order valence-electron chi connectivity index (χ0n) is 13.4. The minimum atomic E-state index is 0.109. The fourth-order valence-corrected chi connectivity index (χ4v) is 2.12. The van der Waals surface area contributed by atoms with Crippen LogP contribution in [0.1, 0.15) is 37.7 Å². The lowest BCUT2D eigenvalue weighted by molar-refractivity contribution is 0.285. The molecule has 0 saturated carbocycles. The van der Waals surface area contributed by atoms with Crippen molar-refractivity contribution in [3.63, 3.8) is 0 Å². The van der Waals surface area contributed by atoms with Crippen LogP contribution in [-0.4, -0.2) is 22.5 Å². The summed E-state index contributed by atoms with van der Waals surface area (Å²) >= 11 is 0. The maximum absolute atomic E-state index is 5.64. The molecule has 4 heteroatoms. The van der Waals surface area contributed by atoms with Gasteiger partial charge in [-0.1, -0.05) is 0 Å². The lowest BCUT2D eigenvalue weighted by Gasteiger charge is -2.21. The maximum atomic E-state index is 5.64. The van der Waals surface area contributed by atoms with Crippen LogP contribution in [0.5, 0.6) is 0 Å².